The van der Waals surface area contributed by atoms with Crippen LogP contribution in [-0.2, 0) is 16.1 Å². The molecule has 0 saturated heterocycles. The largest absolute Gasteiger partial charge is 0.515 e. The van der Waals surface area contributed by atoms with E-state index in [9.17, 15) is 4.79 Å². The Morgan fingerprint density at radius 3 is 2.84 bits per heavy atom. The maximum Gasteiger partial charge on any atom is 0.515 e. The summed E-state index contributed by atoms with van der Waals surface area (Å²) in [6.07, 6.45) is 6.04. The van der Waals surface area contributed by atoms with Crippen LogP contribution in [0, 0.1) is 12.3 Å². The van der Waals surface area contributed by atoms with Crippen molar-refractivity contribution < 1.29 is 19.0 Å². The average Bonchev–Trinajstić information content (AvgIpc) is 2.94. The normalized spacial score (nSPS) is 11.0. The molecule has 2 heterocycles. The smallest absolute Gasteiger partial charge is 0.431 e. The van der Waals surface area contributed by atoms with Crippen molar-refractivity contribution in [3.63, 3.8) is 0 Å². The molecular weight excluding hydrogens is 320 g/mol. The Balaban J connectivity index is 2.18. The molecule has 3 rings (SSSR count). The Hall–Kier alpha value is -3.04. The summed E-state index contributed by atoms with van der Waals surface area (Å²) in [5.41, 5.74) is 3.13. The molecule has 0 aliphatic heterocycles. The molecule has 2 aromatic heterocycles. The maximum atomic E-state index is 11.9. The van der Waals surface area contributed by atoms with Gasteiger partial charge in [0.2, 0.25) is 5.88 Å². The molecule has 6 heteroatoms. The van der Waals surface area contributed by atoms with Crippen molar-refractivity contribution in [2.24, 2.45) is 0 Å². The zero-order valence-electron chi connectivity index (χ0n) is 14.3. The molecular formula is C19H18N2O4. The van der Waals surface area contributed by atoms with E-state index in [1.807, 2.05) is 18.2 Å². The number of aromatic amines is 1. The minimum absolute atomic E-state index is 0.159. The van der Waals surface area contributed by atoms with E-state index in [1.165, 1.54) is 0 Å². The van der Waals surface area contributed by atoms with Gasteiger partial charge >= 0.3 is 6.16 Å². The number of hydrogen-bond acceptors (Lipinski definition) is 5. The van der Waals surface area contributed by atoms with E-state index in [-0.39, 0.29) is 18.6 Å². The van der Waals surface area contributed by atoms with E-state index in [4.69, 9.17) is 20.6 Å². The van der Waals surface area contributed by atoms with Crippen LogP contribution in [0.5, 0.6) is 5.88 Å². The number of terminal acetylenes is 1. The molecule has 0 aliphatic carbocycles. The van der Waals surface area contributed by atoms with Crippen LogP contribution < -0.4 is 4.74 Å². The fraction of sp³-hybridized carbons (Fsp3) is 0.263. The van der Waals surface area contributed by atoms with Crippen molar-refractivity contribution in [1.29, 1.82) is 0 Å². The van der Waals surface area contributed by atoms with Crippen LogP contribution in [0.25, 0.3) is 21.8 Å². The van der Waals surface area contributed by atoms with Crippen LogP contribution in [0.3, 0.4) is 0 Å². The highest BCUT2D eigenvalue weighted by molar-refractivity contribution is 6.09. The first kappa shape index (κ1) is 16.8. The summed E-state index contributed by atoms with van der Waals surface area (Å²) in [5, 5.41) is 1.78. The first-order chi connectivity index (χ1) is 12.0. The molecule has 3 aromatic rings. The lowest BCUT2D eigenvalue weighted by Crippen LogP contribution is -2.17. The van der Waals surface area contributed by atoms with Crippen LogP contribution in [0.2, 0.25) is 0 Å². The lowest BCUT2D eigenvalue weighted by molar-refractivity contribution is 0.0705. The van der Waals surface area contributed by atoms with E-state index in [1.54, 1.807) is 27.2 Å². The Morgan fingerprint density at radius 2 is 2.16 bits per heavy atom. The number of aromatic nitrogens is 2. The third-order valence-electron chi connectivity index (χ3n) is 3.67. The number of ether oxygens (including phenoxy) is 3. The van der Waals surface area contributed by atoms with Gasteiger partial charge in [-0.15, -0.1) is 6.42 Å². The lowest BCUT2D eigenvalue weighted by Gasteiger charge is -2.11. The second-order valence-corrected chi connectivity index (χ2v) is 5.81. The molecule has 0 unspecified atom stereocenters. The number of fused-ring (bicyclic) bond motifs is 3. The molecule has 0 saturated carbocycles. The summed E-state index contributed by atoms with van der Waals surface area (Å²) in [6.45, 7) is 3.71. The lowest BCUT2D eigenvalue weighted by atomic mass is 10.1. The van der Waals surface area contributed by atoms with Crippen molar-refractivity contribution in [2.75, 3.05) is 7.11 Å². The first-order valence-electron chi connectivity index (χ1n) is 7.80. The molecule has 128 valence electrons. The summed E-state index contributed by atoms with van der Waals surface area (Å²) in [7, 11) is 1.57. The van der Waals surface area contributed by atoms with Crippen molar-refractivity contribution in [3.05, 3.63) is 35.5 Å². The number of pyridine rings is 1. The quantitative estimate of drug-likeness (QED) is 0.579. The predicted molar refractivity (Wildman–Crippen MR) is 94.5 cm³/mol. The number of hydrogen-bond donors (Lipinski definition) is 1. The third-order valence-corrected chi connectivity index (χ3v) is 3.67. The van der Waals surface area contributed by atoms with Crippen LogP contribution in [0.1, 0.15) is 25.0 Å². The number of nitrogens with one attached hydrogen (secondary N) is 1. The molecule has 1 aromatic carbocycles. The van der Waals surface area contributed by atoms with Crippen LogP contribution in [0.15, 0.2) is 24.4 Å². The molecule has 0 radical (unpaired) electrons. The van der Waals surface area contributed by atoms with Crippen molar-refractivity contribution in [3.8, 4) is 18.2 Å². The molecule has 0 amide bonds. The third kappa shape index (κ3) is 3.28. The zero-order chi connectivity index (χ0) is 18.0. The van der Waals surface area contributed by atoms with E-state index in [2.05, 4.69) is 15.9 Å². The molecule has 1 N–H and O–H groups in total. The number of H-pyrrole nitrogens is 1. The Morgan fingerprint density at radius 1 is 1.36 bits per heavy atom. The average molecular weight is 338 g/mol. The SMILES string of the molecule is C#Cc1ccc2[nH]c3cnc(OC(=O)OC(C)C)c(COC)c3c2c1. The topological polar surface area (TPSA) is 73.4 Å². The van der Waals surface area contributed by atoms with E-state index in [0.29, 0.717) is 5.56 Å². The van der Waals surface area contributed by atoms with Gasteiger partial charge in [-0.2, -0.15) is 0 Å². The summed E-state index contributed by atoms with van der Waals surface area (Å²) in [4.78, 5) is 19.4. The Labute approximate surface area is 145 Å². The van der Waals surface area contributed by atoms with Crippen molar-refractivity contribution in [2.45, 2.75) is 26.6 Å². The minimum Gasteiger partial charge on any atom is -0.431 e. The second kappa shape index (κ2) is 6.83. The van der Waals surface area contributed by atoms with Gasteiger partial charge in [-0.3, -0.25) is 0 Å². The minimum atomic E-state index is -0.802. The van der Waals surface area contributed by atoms with Gasteiger partial charge in [0, 0.05) is 29.0 Å². The van der Waals surface area contributed by atoms with Gasteiger partial charge < -0.3 is 19.2 Å². The number of methoxy groups -OCH3 is 1. The Bertz CT molecular complexity index is 982. The first-order valence-corrected chi connectivity index (χ1v) is 7.80. The molecule has 0 atom stereocenters. The van der Waals surface area contributed by atoms with Gasteiger partial charge in [0.1, 0.15) is 0 Å². The summed E-state index contributed by atoms with van der Waals surface area (Å²) in [6, 6.07) is 5.68. The second-order valence-electron chi connectivity index (χ2n) is 5.81. The number of carbonyl (C=O) groups is 1. The standard InChI is InChI=1S/C19H18N2O4/c1-5-12-6-7-15-13(8-12)17-14(10-23-4)18(20-9-16(17)21-15)25-19(22)24-11(2)3/h1,6-9,11,21H,10H2,2-4H3. The number of nitrogens with zero attached hydrogens (tertiary/aromatic N) is 1. The fourth-order valence-corrected chi connectivity index (χ4v) is 2.69. The zero-order valence-corrected chi connectivity index (χ0v) is 14.3. The summed E-state index contributed by atoms with van der Waals surface area (Å²) < 4.78 is 15.6. The molecule has 0 fully saturated rings. The van der Waals surface area contributed by atoms with Crippen LogP contribution in [0.4, 0.5) is 4.79 Å². The van der Waals surface area contributed by atoms with Gasteiger partial charge in [0.05, 0.1) is 30.0 Å². The van der Waals surface area contributed by atoms with E-state index < -0.39 is 6.16 Å². The molecule has 0 aliphatic rings. The van der Waals surface area contributed by atoms with Crippen molar-refractivity contribution in [1.82, 2.24) is 9.97 Å². The highest BCUT2D eigenvalue weighted by Gasteiger charge is 2.19. The van der Waals surface area contributed by atoms with E-state index >= 15 is 0 Å². The molecule has 6 nitrogen and oxygen atoms in total. The number of benzene rings is 1. The van der Waals surface area contributed by atoms with Crippen LogP contribution in [-0.4, -0.2) is 29.3 Å². The van der Waals surface area contributed by atoms with Gasteiger partial charge in [0.15, 0.2) is 0 Å². The van der Waals surface area contributed by atoms with Gasteiger partial charge in [-0.25, -0.2) is 9.78 Å². The molecule has 25 heavy (non-hydrogen) atoms. The molecule has 0 bridgehead atoms. The highest BCUT2D eigenvalue weighted by atomic mass is 16.7. The van der Waals surface area contributed by atoms with Crippen molar-refractivity contribution >= 4 is 28.0 Å². The summed E-state index contributed by atoms with van der Waals surface area (Å²) in [5.74, 6) is 2.79. The number of carbonyl (C=O) groups excluding carboxylic acids is 1. The summed E-state index contributed by atoms with van der Waals surface area (Å²) >= 11 is 0. The Kier molecular flexibility index (Phi) is 4.59. The monoisotopic (exact) mass is 338 g/mol. The fourth-order valence-electron chi connectivity index (χ4n) is 2.69. The highest BCUT2D eigenvalue weighted by Crippen LogP contribution is 2.33. The molecule has 0 spiro atoms. The van der Waals surface area contributed by atoms with E-state index in [0.717, 1.165) is 27.4 Å². The predicted octanol–water partition coefficient (Wildman–Crippen LogP) is 3.77. The maximum absolute atomic E-state index is 11.9. The van der Waals surface area contributed by atoms with Gasteiger partial charge in [-0.05, 0) is 32.0 Å². The van der Waals surface area contributed by atoms with Crippen LogP contribution >= 0.6 is 0 Å². The number of rotatable bonds is 4. The van der Waals surface area contributed by atoms with Gasteiger partial charge in [-0.1, -0.05) is 5.92 Å². The van der Waals surface area contributed by atoms with Gasteiger partial charge in [0.25, 0.3) is 0 Å².